The van der Waals surface area contributed by atoms with E-state index in [9.17, 15) is 0 Å². The van der Waals surface area contributed by atoms with Crippen molar-refractivity contribution in [3.8, 4) is 11.8 Å². The molecule has 0 spiro atoms. The Morgan fingerprint density at radius 1 is 1.41 bits per heavy atom. The van der Waals surface area contributed by atoms with Crippen LogP contribution >= 0.6 is 0 Å². The summed E-state index contributed by atoms with van der Waals surface area (Å²) in [6.45, 7) is 6.62. The van der Waals surface area contributed by atoms with E-state index >= 15 is 0 Å². The largest absolute Gasteiger partial charge is 0.496 e. The van der Waals surface area contributed by atoms with Crippen LogP contribution in [0.4, 0.5) is 0 Å². The molecule has 3 heteroatoms. The minimum absolute atomic E-state index is 0.451. The molecule has 17 heavy (non-hydrogen) atoms. The molecule has 0 amide bonds. The lowest BCUT2D eigenvalue weighted by Crippen LogP contribution is -2.39. The first kappa shape index (κ1) is 13.5. The summed E-state index contributed by atoms with van der Waals surface area (Å²) >= 11 is 0. The maximum atomic E-state index is 9.07. The van der Waals surface area contributed by atoms with Gasteiger partial charge in [0.15, 0.2) is 0 Å². The number of methoxy groups -OCH3 is 1. The number of aryl methyl sites for hydroxylation is 1. The van der Waals surface area contributed by atoms with Gasteiger partial charge in [-0.05, 0) is 45.0 Å². The van der Waals surface area contributed by atoms with Gasteiger partial charge in [0, 0.05) is 6.54 Å². The molecule has 1 aromatic rings. The predicted molar refractivity (Wildman–Crippen MR) is 68.9 cm³/mol. The van der Waals surface area contributed by atoms with Crippen LogP contribution in [0.25, 0.3) is 0 Å². The smallest absolute Gasteiger partial charge is 0.121 e. The summed E-state index contributed by atoms with van der Waals surface area (Å²) in [5, 5.41) is 9.07. The zero-order valence-electron chi connectivity index (χ0n) is 11.2. The van der Waals surface area contributed by atoms with E-state index < -0.39 is 5.54 Å². The highest BCUT2D eigenvalue weighted by atomic mass is 16.5. The summed E-state index contributed by atoms with van der Waals surface area (Å²) in [5.41, 5.74) is 1.86. The third-order valence-electron chi connectivity index (χ3n) is 3.11. The van der Waals surface area contributed by atoms with E-state index in [0.717, 1.165) is 17.9 Å². The Morgan fingerprint density at radius 3 is 2.53 bits per heavy atom. The van der Waals surface area contributed by atoms with Crippen LogP contribution in [0.1, 0.15) is 25.0 Å². The topological polar surface area (TPSA) is 36.3 Å². The number of nitrogens with zero attached hydrogens (tertiary/aromatic N) is 2. The van der Waals surface area contributed by atoms with Gasteiger partial charge in [-0.15, -0.1) is 0 Å². The first-order chi connectivity index (χ1) is 7.90. The zero-order chi connectivity index (χ0) is 13.1. The summed E-state index contributed by atoms with van der Waals surface area (Å²) in [4.78, 5) is 2.04. The summed E-state index contributed by atoms with van der Waals surface area (Å²) in [5.74, 6) is 0.899. The lowest BCUT2D eigenvalue weighted by molar-refractivity contribution is 0.203. The van der Waals surface area contributed by atoms with Gasteiger partial charge in [0.1, 0.15) is 11.3 Å². The van der Waals surface area contributed by atoms with Gasteiger partial charge in [-0.3, -0.25) is 4.90 Å². The van der Waals surface area contributed by atoms with Crippen LogP contribution in [0, 0.1) is 18.3 Å². The fraction of sp³-hybridized carbons (Fsp3) is 0.500. The van der Waals surface area contributed by atoms with Crippen LogP contribution in [0.3, 0.4) is 0 Å². The van der Waals surface area contributed by atoms with Crippen molar-refractivity contribution in [2.45, 2.75) is 32.9 Å². The highest BCUT2D eigenvalue weighted by Crippen LogP contribution is 2.21. The fourth-order valence-corrected chi connectivity index (χ4v) is 1.60. The molecule has 0 aliphatic rings. The van der Waals surface area contributed by atoms with Gasteiger partial charge in [0.05, 0.1) is 13.2 Å². The highest BCUT2D eigenvalue weighted by Gasteiger charge is 2.22. The molecule has 0 saturated carbocycles. The van der Waals surface area contributed by atoms with Gasteiger partial charge >= 0.3 is 0 Å². The van der Waals surface area contributed by atoms with Crippen LogP contribution in [-0.2, 0) is 6.54 Å². The Bertz CT molecular complexity index is 432. The Morgan fingerprint density at radius 2 is 2.06 bits per heavy atom. The van der Waals surface area contributed by atoms with Crippen molar-refractivity contribution in [3.63, 3.8) is 0 Å². The number of rotatable bonds is 4. The van der Waals surface area contributed by atoms with Crippen molar-refractivity contribution >= 4 is 0 Å². The first-order valence-electron chi connectivity index (χ1n) is 5.66. The molecule has 0 aromatic heterocycles. The van der Waals surface area contributed by atoms with E-state index in [2.05, 4.69) is 12.1 Å². The molecule has 0 aliphatic heterocycles. The Labute approximate surface area is 104 Å². The maximum Gasteiger partial charge on any atom is 0.121 e. The van der Waals surface area contributed by atoms with E-state index in [-0.39, 0.29) is 0 Å². The van der Waals surface area contributed by atoms with Crippen molar-refractivity contribution < 1.29 is 4.74 Å². The lowest BCUT2D eigenvalue weighted by atomic mass is 10.0. The van der Waals surface area contributed by atoms with Gasteiger partial charge < -0.3 is 4.74 Å². The van der Waals surface area contributed by atoms with Crippen molar-refractivity contribution in [2.75, 3.05) is 14.2 Å². The zero-order valence-corrected chi connectivity index (χ0v) is 11.2. The third kappa shape index (κ3) is 3.21. The van der Waals surface area contributed by atoms with Crippen LogP contribution in [-0.4, -0.2) is 24.6 Å². The van der Waals surface area contributed by atoms with Crippen molar-refractivity contribution in [2.24, 2.45) is 0 Å². The van der Waals surface area contributed by atoms with Gasteiger partial charge in [-0.2, -0.15) is 5.26 Å². The molecule has 92 valence electrons. The maximum absolute atomic E-state index is 9.07. The van der Waals surface area contributed by atoms with Gasteiger partial charge in [0.2, 0.25) is 0 Å². The van der Waals surface area contributed by atoms with E-state index in [1.54, 1.807) is 7.11 Å². The van der Waals surface area contributed by atoms with E-state index in [4.69, 9.17) is 10.00 Å². The molecule has 0 unspecified atom stereocenters. The summed E-state index contributed by atoms with van der Waals surface area (Å²) in [6, 6.07) is 8.41. The van der Waals surface area contributed by atoms with E-state index in [1.807, 2.05) is 44.9 Å². The molecule has 0 saturated heterocycles. The fourth-order valence-electron chi connectivity index (χ4n) is 1.60. The SMILES string of the molecule is COc1ccc(CN(C)C(C)(C)C#N)cc1C. The predicted octanol–water partition coefficient (Wildman–Crippen LogP) is 2.74. The normalized spacial score (nSPS) is 11.4. The van der Waals surface area contributed by atoms with Crippen LogP contribution in [0.5, 0.6) is 5.75 Å². The quantitative estimate of drug-likeness (QED) is 0.801. The van der Waals surface area contributed by atoms with Gasteiger partial charge in [0.25, 0.3) is 0 Å². The molecule has 0 aliphatic carbocycles. The minimum Gasteiger partial charge on any atom is -0.496 e. The second-order valence-corrected chi connectivity index (χ2v) is 4.83. The van der Waals surface area contributed by atoms with Crippen molar-refractivity contribution in [1.29, 1.82) is 5.26 Å². The summed E-state index contributed by atoms with van der Waals surface area (Å²) in [7, 11) is 3.63. The lowest BCUT2D eigenvalue weighted by Gasteiger charge is -2.29. The number of benzene rings is 1. The first-order valence-corrected chi connectivity index (χ1v) is 5.66. The molecular formula is C14H20N2O. The van der Waals surface area contributed by atoms with E-state index in [1.165, 1.54) is 5.56 Å². The van der Waals surface area contributed by atoms with Crippen molar-refractivity contribution in [1.82, 2.24) is 4.90 Å². The Balaban J connectivity index is 2.84. The Kier molecular flexibility index (Phi) is 4.14. The molecule has 0 N–H and O–H groups in total. The molecular weight excluding hydrogens is 212 g/mol. The third-order valence-corrected chi connectivity index (χ3v) is 3.11. The summed E-state index contributed by atoms with van der Waals surface area (Å²) in [6.07, 6.45) is 0. The average molecular weight is 232 g/mol. The molecule has 3 nitrogen and oxygen atoms in total. The van der Waals surface area contributed by atoms with Crippen LogP contribution in [0.15, 0.2) is 18.2 Å². The average Bonchev–Trinajstić information content (AvgIpc) is 2.29. The van der Waals surface area contributed by atoms with Gasteiger partial charge in [-0.1, -0.05) is 12.1 Å². The molecule has 0 heterocycles. The number of ether oxygens (including phenoxy) is 1. The standard InChI is InChI=1S/C14H20N2O/c1-11-8-12(6-7-13(11)17-5)9-16(4)14(2,3)10-15/h6-8H,9H2,1-5H3. The molecule has 0 fully saturated rings. The van der Waals surface area contributed by atoms with Crippen LogP contribution < -0.4 is 4.74 Å². The second kappa shape index (κ2) is 5.20. The summed E-state index contributed by atoms with van der Waals surface area (Å²) < 4.78 is 5.23. The molecule has 1 rings (SSSR count). The number of nitriles is 1. The minimum atomic E-state index is -0.451. The highest BCUT2D eigenvalue weighted by molar-refractivity contribution is 5.36. The van der Waals surface area contributed by atoms with Gasteiger partial charge in [-0.25, -0.2) is 0 Å². The molecule has 1 aromatic carbocycles. The number of hydrogen-bond acceptors (Lipinski definition) is 3. The van der Waals surface area contributed by atoms with E-state index in [0.29, 0.717) is 0 Å². The van der Waals surface area contributed by atoms with Crippen molar-refractivity contribution in [3.05, 3.63) is 29.3 Å². The van der Waals surface area contributed by atoms with Crippen LogP contribution in [0.2, 0.25) is 0 Å². The molecule has 0 radical (unpaired) electrons. The molecule has 0 bridgehead atoms. The number of hydrogen-bond donors (Lipinski definition) is 0. The Hall–Kier alpha value is -1.53. The second-order valence-electron chi connectivity index (χ2n) is 4.83. The molecule has 0 atom stereocenters. The monoisotopic (exact) mass is 232 g/mol.